The standard InChI is InChI=1S/C20H14FNO/c21-19-13-4-2-8-16(19)10-6-14-22-20(23)18-12-5-9-15-7-1-3-11-17(15)18/h1-5,7-9,11-13H,14H2,(H,22,23). The highest BCUT2D eigenvalue weighted by atomic mass is 19.1. The van der Waals surface area contributed by atoms with Crippen LogP contribution in [-0.4, -0.2) is 12.5 Å². The van der Waals surface area contributed by atoms with Gasteiger partial charge in [-0.15, -0.1) is 0 Å². The maximum absolute atomic E-state index is 13.4. The molecule has 3 heteroatoms. The summed E-state index contributed by atoms with van der Waals surface area (Å²) in [5.74, 6) is 4.94. The minimum atomic E-state index is -0.361. The van der Waals surface area contributed by atoms with E-state index in [4.69, 9.17) is 0 Å². The van der Waals surface area contributed by atoms with Gasteiger partial charge >= 0.3 is 0 Å². The van der Waals surface area contributed by atoms with Gasteiger partial charge in [0.15, 0.2) is 0 Å². The van der Waals surface area contributed by atoms with Crippen LogP contribution in [0.3, 0.4) is 0 Å². The van der Waals surface area contributed by atoms with Crippen molar-refractivity contribution in [1.29, 1.82) is 0 Å². The average molecular weight is 303 g/mol. The molecule has 3 rings (SSSR count). The molecule has 0 aliphatic heterocycles. The van der Waals surface area contributed by atoms with Crippen molar-refractivity contribution in [3.63, 3.8) is 0 Å². The predicted octanol–water partition coefficient (Wildman–Crippen LogP) is 3.76. The number of halogens is 1. The van der Waals surface area contributed by atoms with Crippen LogP contribution >= 0.6 is 0 Å². The number of carbonyl (C=O) groups excluding carboxylic acids is 1. The van der Waals surface area contributed by atoms with Crippen LogP contribution < -0.4 is 5.32 Å². The van der Waals surface area contributed by atoms with E-state index in [0.717, 1.165) is 10.8 Å². The van der Waals surface area contributed by atoms with Crippen LogP contribution in [0.1, 0.15) is 15.9 Å². The molecule has 2 nitrogen and oxygen atoms in total. The number of amides is 1. The smallest absolute Gasteiger partial charge is 0.252 e. The number of nitrogens with one attached hydrogen (secondary N) is 1. The van der Waals surface area contributed by atoms with Gasteiger partial charge in [0.25, 0.3) is 5.91 Å². The fourth-order valence-corrected chi connectivity index (χ4v) is 2.35. The van der Waals surface area contributed by atoms with E-state index in [-0.39, 0.29) is 18.3 Å². The molecule has 3 aromatic rings. The quantitative estimate of drug-likeness (QED) is 0.718. The van der Waals surface area contributed by atoms with Gasteiger partial charge < -0.3 is 5.32 Å². The topological polar surface area (TPSA) is 29.1 Å². The summed E-state index contributed by atoms with van der Waals surface area (Å²) in [6, 6.07) is 19.6. The molecule has 0 saturated heterocycles. The van der Waals surface area contributed by atoms with Crippen molar-refractivity contribution in [2.75, 3.05) is 6.54 Å². The summed E-state index contributed by atoms with van der Waals surface area (Å²) in [4.78, 5) is 12.3. The molecule has 112 valence electrons. The first kappa shape index (κ1) is 14.8. The number of hydrogen-bond donors (Lipinski definition) is 1. The van der Waals surface area contributed by atoms with Crippen LogP contribution in [0.2, 0.25) is 0 Å². The number of carbonyl (C=O) groups is 1. The molecule has 0 aliphatic carbocycles. The van der Waals surface area contributed by atoms with E-state index in [1.54, 1.807) is 24.3 Å². The molecular weight excluding hydrogens is 289 g/mol. The van der Waals surface area contributed by atoms with E-state index in [0.29, 0.717) is 11.1 Å². The highest BCUT2D eigenvalue weighted by Crippen LogP contribution is 2.18. The molecular formula is C20H14FNO. The lowest BCUT2D eigenvalue weighted by Crippen LogP contribution is -2.23. The monoisotopic (exact) mass is 303 g/mol. The average Bonchev–Trinajstić information content (AvgIpc) is 2.59. The molecule has 1 N–H and O–H groups in total. The van der Waals surface area contributed by atoms with Crippen molar-refractivity contribution in [1.82, 2.24) is 5.32 Å². The Bertz CT molecular complexity index is 916. The van der Waals surface area contributed by atoms with Crippen LogP contribution in [0.15, 0.2) is 66.7 Å². The number of fused-ring (bicyclic) bond motifs is 1. The SMILES string of the molecule is O=C(NCC#Cc1ccccc1F)c1cccc2ccccc12. The number of benzene rings is 3. The van der Waals surface area contributed by atoms with E-state index in [1.807, 2.05) is 36.4 Å². The molecule has 0 fully saturated rings. The lowest BCUT2D eigenvalue weighted by atomic mass is 10.0. The van der Waals surface area contributed by atoms with Crippen molar-refractivity contribution >= 4 is 16.7 Å². The molecule has 0 saturated carbocycles. The van der Waals surface area contributed by atoms with E-state index in [9.17, 15) is 9.18 Å². The molecule has 0 radical (unpaired) electrons. The summed E-state index contributed by atoms with van der Waals surface area (Å²) in [5.41, 5.74) is 0.933. The second-order valence-electron chi connectivity index (χ2n) is 4.99. The summed E-state index contributed by atoms with van der Waals surface area (Å²) in [6.07, 6.45) is 0. The summed E-state index contributed by atoms with van der Waals surface area (Å²) in [5, 5.41) is 4.66. The fraction of sp³-hybridized carbons (Fsp3) is 0.0500. The normalized spacial score (nSPS) is 9.96. The summed E-state index contributed by atoms with van der Waals surface area (Å²) >= 11 is 0. The molecule has 0 heterocycles. The minimum absolute atomic E-state index is 0.163. The molecule has 0 spiro atoms. The van der Waals surface area contributed by atoms with Gasteiger partial charge in [-0.25, -0.2) is 4.39 Å². The predicted molar refractivity (Wildman–Crippen MR) is 89.6 cm³/mol. The zero-order valence-corrected chi connectivity index (χ0v) is 12.3. The number of rotatable bonds is 2. The molecule has 23 heavy (non-hydrogen) atoms. The second kappa shape index (κ2) is 6.76. The third kappa shape index (κ3) is 3.38. The lowest BCUT2D eigenvalue weighted by molar-refractivity contribution is 0.0960. The highest BCUT2D eigenvalue weighted by molar-refractivity contribution is 6.07. The van der Waals surface area contributed by atoms with Crippen molar-refractivity contribution in [2.45, 2.75) is 0 Å². The molecule has 3 aromatic carbocycles. The van der Waals surface area contributed by atoms with Gasteiger partial charge in [0, 0.05) is 5.56 Å². The summed E-state index contributed by atoms with van der Waals surface area (Å²) in [6.45, 7) is 0.163. The minimum Gasteiger partial charge on any atom is -0.341 e. The van der Waals surface area contributed by atoms with Gasteiger partial charge in [-0.1, -0.05) is 60.4 Å². The molecule has 0 aromatic heterocycles. The van der Waals surface area contributed by atoms with Crippen LogP contribution in [0.4, 0.5) is 4.39 Å². The third-order valence-corrected chi connectivity index (χ3v) is 3.47. The Morgan fingerprint density at radius 1 is 0.957 bits per heavy atom. The second-order valence-corrected chi connectivity index (χ2v) is 4.99. The summed E-state index contributed by atoms with van der Waals surface area (Å²) < 4.78 is 13.4. The fourth-order valence-electron chi connectivity index (χ4n) is 2.35. The first-order valence-electron chi connectivity index (χ1n) is 7.25. The Hall–Kier alpha value is -3.12. The zero-order chi connectivity index (χ0) is 16.1. The van der Waals surface area contributed by atoms with E-state index >= 15 is 0 Å². The van der Waals surface area contributed by atoms with Crippen LogP contribution in [0.5, 0.6) is 0 Å². The van der Waals surface area contributed by atoms with Gasteiger partial charge in [0.2, 0.25) is 0 Å². The van der Waals surface area contributed by atoms with Crippen LogP contribution in [0.25, 0.3) is 10.8 Å². The third-order valence-electron chi connectivity index (χ3n) is 3.47. The Balaban J connectivity index is 1.72. The van der Waals surface area contributed by atoms with Gasteiger partial charge in [0.05, 0.1) is 12.1 Å². The molecule has 0 unspecified atom stereocenters. The van der Waals surface area contributed by atoms with E-state index in [2.05, 4.69) is 17.2 Å². The Morgan fingerprint density at radius 2 is 1.70 bits per heavy atom. The molecule has 0 aliphatic rings. The Kier molecular flexibility index (Phi) is 4.35. The van der Waals surface area contributed by atoms with Crippen molar-refractivity contribution in [3.05, 3.63) is 83.7 Å². The van der Waals surface area contributed by atoms with Crippen LogP contribution in [0, 0.1) is 17.7 Å². The van der Waals surface area contributed by atoms with Crippen molar-refractivity contribution in [3.8, 4) is 11.8 Å². The molecule has 0 bridgehead atoms. The Labute approximate surface area is 134 Å². The van der Waals surface area contributed by atoms with Crippen molar-refractivity contribution < 1.29 is 9.18 Å². The van der Waals surface area contributed by atoms with Gasteiger partial charge in [-0.05, 0) is 29.0 Å². The van der Waals surface area contributed by atoms with Crippen LogP contribution in [-0.2, 0) is 0 Å². The van der Waals surface area contributed by atoms with E-state index < -0.39 is 0 Å². The lowest BCUT2D eigenvalue weighted by Gasteiger charge is -2.05. The Morgan fingerprint density at radius 3 is 2.57 bits per heavy atom. The maximum Gasteiger partial charge on any atom is 0.252 e. The van der Waals surface area contributed by atoms with Crippen molar-refractivity contribution in [2.24, 2.45) is 0 Å². The van der Waals surface area contributed by atoms with Gasteiger partial charge in [-0.2, -0.15) is 0 Å². The largest absolute Gasteiger partial charge is 0.341 e. The first-order valence-corrected chi connectivity index (χ1v) is 7.25. The zero-order valence-electron chi connectivity index (χ0n) is 12.3. The van der Waals surface area contributed by atoms with Gasteiger partial charge in [0.1, 0.15) is 5.82 Å². The highest BCUT2D eigenvalue weighted by Gasteiger charge is 2.08. The number of hydrogen-bond acceptors (Lipinski definition) is 1. The molecule has 0 atom stereocenters. The summed E-state index contributed by atoms with van der Waals surface area (Å²) in [7, 11) is 0. The first-order chi connectivity index (χ1) is 11.3. The maximum atomic E-state index is 13.4. The van der Waals surface area contributed by atoms with Gasteiger partial charge in [-0.3, -0.25) is 4.79 Å². The molecule has 1 amide bonds. The van der Waals surface area contributed by atoms with E-state index in [1.165, 1.54) is 6.07 Å².